The molecule has 0 aromatic rings. The maximum atomic E-state index is 11.8. The molecule has 0 saturated carbocycles. The number of carbonyl (C=O) groups excluding carboxylic acids is 1. The number of hydrogen-bond acceptors (Lipinski definition) is 13. The number of carbonyl (C=O) groups is 1. The van der Waals surface area contributed by atoms with E-state index in [-0.39, 0.29) is 51.2 Å². The molecule has 0 radical (unpaired) electrons. The van der Waals surface area contributed by atoms with E-state index in [4.69, 9.17) is 5.73 Å². The van der Waals surface area contributed by atoms with Crippen molar-refractivity contribution in [1.29, 1.82) is 0 Å². The molecule has 5 rings (SSSR count). The lowest BCUT2D eigenvalue weighted by molar-refractivity contribution is -0.241. The number of hydrogen-bond donors (Lipinski definition) is 3. The second kappa shape index (κ2) is 18.9. The van der Waals surface area contributed by atoms with Gasteiger partial charge in [0.25, 0.3) is 0 Å². The Morgan fingerprint density at radius 3 is 0.966 bits per heavy atom. The minimum Gasteiger partial charge on any atom is -0.784 e. The Kier molecular flexibility index (Phi) is 18.0. The van der Waals surface area contributed by atoms with E-state index in [0.29, 0.717) is 25.7 Å². The van der Waals surface area contributed by atoms with Gasteiger partial charge < -0.3 is 57.1 Å². The molecule has 5 fully saturated rings. The molecule has 13 nitrogen and oxygen atoms in total. The van der Waals surface area contributed by atoms with E-state index in [1.807, 2.05) is 111 Å². The van der Waals surface area contributed by atoms with Gasteiger partial charge in [0.15, 0.2) is 0 Å². The highest BCUT2D eigenvalue weighted by atomic mass is 16.5. The molecular formula is C45H90N6O7-4. The van der Waals surface area contributed by atoms with Crippen LogP contribution in [0.5, 0.6) is 0 Å². The lowest BCUT2D eigenvalue weighted by atomic mass is 9.79. The first kappa shape index (κ1) is 55.2. The van der Waals surface area contributed by atoms with Gasteiger partial charge in [0.05, 0.1) is 6.10 Å². The summed E-state index contributed by atoms with van der Waals surface area (Å²) in [6, 6.07) is 0.167. The number of nitrogens with two attached hydrogens (primary N) is 1. The van der Waals surface area contributed by atoms with Crippen LogP contribution in [0.15, 0.2) is 0 Å². The van der Waals surface area contributed by atoms with Gasteiger partial charge in [0.2, 0.25) is 0 Å². The van der Waals surface area contributed by atoms with Crippen LogP contribution in [0, 0.1) is 20.8 Å². The van der Waals surface area contributed by atoms with Crippen LogP contribution in [0.3, 0.4) is 0 Å². The number of piperidine rings is 5. The maximum Gasteiger partial charge on any atom is 0.136 e. The Hall–Kier alpha value is -0.810. The van der Waals surface area contributed by atoms with Crippen molar-refractivity contribution in [2.75, 3.05) is 0 Å². The van der Waals surface area contributed by atoms with Crippen molar-refractivity contribution in [3.8, 4) is 0 Å². The van der Waals surface area contributed by atoms with Crippen molar-refractivity contribution in [3.05, 3.63) is 20.8 Å². The molecule has 0 aromatic carbocycles. The number of nitrogens with zero attached hydrogens (tertiary/aromatic N) is 5. The molecular weight excluding hydrogens is 737 g/mol. The molecule has 0 amide bonds. The summed E-state index contributed by atoms with van der Waals surface area (Å²) in [6.07, 6.45) is 9.77. The normalized spacial score (nSPS) is 30.1. The summed E-state index contributed by atoms with van der Waals surface area (Å²) >= 11 is 0. The highest BCUT2D eigenvalue weighted by Crippen LogP contribution is 2.40. The third-order valence-electron chi connectivity index (χ3n) is 13.0. The molecule has 5 saturated heterocycles. The monoisotopic (exact) mass is 827 g/mol. The maximum absolute atomic E-state index is 11.8. The molecule has 0 bridgehead atoms. The highest BCUT2D eigenvalue weighted by Gasteiger charge is 2.42. The smallest absolute Gasteiger partial charge is 0.136 e. The lowest BCUT2D eigenvalue weighted by Crippen LogP contribution is -2.60. The molecule has 0 atom stereocenters. The van der Waals surface area contributed by atoms with Crippen molar-refractivity contribution in [2.45, 2.75) is 283 Å². The number of aliphatic hydroxyl groups excluding tert-OH is 1. The fourth-order valence-corrected chi connectivity index (χ4v) is 10.5. The molecule has 5 aliphatic heterocycles. The average molecular weight is 827 g/mol. The average Bonchev–Trinajstić information content (AvgIpc) is 2.99. The fraction of sp³-hybridized carbons (Fsp3) is 0.978. The predicted octanol–water partition coefficient (Wildman–Crippen LogP) is 9.61. The van der Waals surface area contributed by atoms with E-state index in [1.165, 1.54) is 28.0 Å². The summed E-state index contributed by atoms with van der Waals surface area (Å²) in [5.74, 6) is 0.192. The molecule has 4 N–H and O–H groups in total. The summed E-state index contributed by atoms with van der Waals surface area (Å²) in [5.41, 5.74) is 2.98. The summed E-state index contributed by atoms with van der Waals surface area (Å²) in [5, 5.41) is 72.3. The van der Waals surface area contributed by atoms with Crippen molar-refractivity contribution >= 4 is 5.78 Å². The number of ketones is 1. The van der Waals surface area contributed by atoms with Gasteiger partial charge in [-0.3, -0.25) is 4.79 Å². The van der Waals surface area contributed by atoms with Crippen LogP contribution >= 0.6 is 0 Å². The third kappa shape index (κ3) is 14.6. The largest absolute Gasteiger partial charge is 0.784 e. The Morgan fingerprint density at radius 1 is 0.448 bits per heavy atom. The second-order valence-electron chi connectivity index (χ2n) is 24.4. The molecule has 346 valence electrons. The van der Waals surface area contributed by atoms with Gasteiger partial charge in [-0.2, -0.15) is 5.06 Å². The van der Waals surface area contributed by atoms with E-state index in [9.17, 15) is 35.9 Å². The van der Waals surface area contributed by atoms with E-state index in [2.05, 4.69) is 27.7 Å². The summed E-state index contributed by atoms with van der Waals surface area (Å²) < 4.78 is 0. The van der Waals surface area contributed by atoms with Crippen molar-refractivity contribution in [1.82, 2.24) is 25.3 Å². The van der Waals surface area contributed by atoms with Crippen LogP contribution in [0.25, 0.3) is 0 Å². The van der Waals surface area contributed by atoms with Crippen LogP contribution in [0.2, 0.25) is 0 Å². The predicted molar refractivity (Wildman–Crippen MR) is 240 cm³/mol. The van der Waals surface area contributed by atoms with Crippen molar-refractivity contribution < 1.29 is 15.1 Å². The highest BCUT2D eigenvalue weighted by molar-refractivity contribution is 5.81. The van der Waals surface area contributed by atoms with Crippen molar-refractivity contribution in [2.24, 2.45) is 5.73 Å². The Bertz CT molecular complexity index is 1160. The SMILES string of the molecule is CC1(C)CC(=O)CC(C)(C)N1[O-].CC1(C)CC(N)CC(C)(C)N1[O-].CC1(C)CC(O)CC(C)(C)N1[O-].CC1(C)CCCC(C)(C)N1O.CC1(C)CCCC(C)(C)N1[O-]. The Labute approximate surface area is 355 Å². The van der Waals surface area contributed by atoms with E-state index < -0.39 is 22.2 Å². The zero-order valence-electron chi connectivity index (χ0n) is 40.9. The van der Waals surface area contributed by atoms with Crippen LogP contribution in [0.4, 0.5) is 0 Å². The third-order valence-corrected chi connectivity index (χ3v) is 13.0. The van der Waals surface area contributed by atoms with Crippen LogP contribution < -0.4 is 5.73 Å². The summed E-state index contributed by atoms with van der Waals surface area (Å²) in [4.78, 5) is 11.3. The number of Topliss-reactive ketones (excluding diaryl/α,β-unsaturated/α-hetero) is 1. The van der Waals surface area contributed by atoms with Gasteiger partial charge >= 0.3 is 0 Å². The molecule has 5 aliphatic rings. The van der Waals surface area contributed by atoms with E-state index in [0.717, 1.165) is 48.7 Å². The first-order chi connectivity index (χ1) is 25.5. The Balaban J connectivity index is 0.000000363. The van der Waals surface area contributed by atoms with Crippen LogP contribution in [0.1, 0.15) is 216 Å². The van der Waals surface area contributed by atoms with Gasteiger partial charge in [0.1, 0.15) is 5.78 Å². The van der Waals surface area contributed by atoms with Crippen LogP contribution in [-0.4, -0.2) is 109 Å². The summed E-state index contributed by atoms with van der Waals surface area (Å²) in [6.45, 7) is 39.1. The minimum absolute atomic E-state index is 0.0399. The zero-order valence-corrected chi connectivity index (χ0v) is 40.9. The first-order valence-corrected chi connectivity index (χ1v) is 21.8. The molecule has 0 unspecified atom stereocenters. The molecule has 0 aliphatic carbocycles. The minimum atomic E-state index is -0.529. The molecule has 58 heavy (non-hydrogen) atoms. The molecule has 5 heterocycles. The van der Waals surface area contributed by atoms with Gasteiger partial charge in [0, 0.05) is 74.3 Å². The topological polar surface area (TPSA) is 192 Å². The van der Waals surface area contributed by atoms with E-state index >= 15 is 0 Å². The number of hydroxylamine groups is 10. The quantitative estimate of drug-likeness (QED) is 0.209. The van der Waals surface area contributed by atoms with Crippen LogP contribution in [-0.2, 0) is 4.79 Å². The summed E-state index contributed by atoms with van der Waals surface area (Å²) in [7, 11) is 0. The lowest BCUT2D eigenvalue weighted by Gasteiger charge is -2.59. The molecule has 13 heteroatoms. The molecule has 0 aromatic heterocycles. The second-order valence-corrected chi connectivity index (χ2v) is 24.4. The zero-order chi connectivity index (χ0) is 46.1. The van der Waals surface area contributed by atoms with Gasteiger partial charge in [-0.15, -0.1) is 0 Å². The Morgan fingerprint density at radius 2 is 0.690 bits per heavy atom. The standard InChI is InChI=1S/C9H19N2O.C9H18NO2.C9H16NO2.C9H19NO.C9H18NO/c1-8(2)5-7(10)6-9(3,4)11(8)12;2*1-8(2)5-7(11)6-9(3,4)10(8)12;2*1-8(2)6-5-7-9(3,4)10(8)11/h7H,5-6,10H2,1-4H3;7,11H,5-6H2,1-4H3;5-6H2,1-4H3;11H,5-7H2,1-4H3;5-7H2,1-4H3/q3*-1;;-1. The van der Waals surface area contributed by atoms with Gasteiger partial charge in [-0.25, -0.2) is 0 Å². The van der Waals surface area contributed by atoms with Gasteiger partial charge in [-0.1, -0.05) is 0 Å². The van der Waals surface area contributed by atoms with Gasteiger partial charge in [-0.05, 0) is 203 Å². The molecule has 0 spiro atoms. The number of aliphatic hydroxyl groups is 1. The van der Waals surface area contributed by atoms with E-state index in [1.54, 1.807) is 0 Å². The first-order valence-electron chi connectivity index (χ1n) is 21.8. The fourth-order valence-electron chi connectivity index (χ4n) is 10.5. The van der Waals surface area contributed by atoms with Crippen molar-refractivity contribution in [3.63, 3.8) is 0 Å². The number of rotatable bonds is 0.